The number of aromatic nitrogens is 4. The average Bonchev–Trinajstić information content (AvgIpc) is 3.98. The maximum Gasteiger partial charge on any atom is 0.179 e. The maximum atomic E-state index is 5.44. The van der Waals surface area contributed by atoms with Gasteiger partial charge in [0, 0.05) is 33.2 Å². The van der Waals surface area contributed by atoms with E-state index in [1.54, 1.807) is 0 Å². The van der Waals surface area contributed by atoms with Crippen molar-refractivity contribution in [1.82, 2.24) is 19.5 Å². The molecule has 0 unspecified atom stereocenters. The lowest BCUT2D eigenvalue weighted by molar-refractivity contribution is 1.07. The SMILES string of the molecule is Cc1cc(C)cc(-c2ccc3c(c2)c2cc(-c4cc(C)cc(C)c4)ccc2n3-c2ccc(-c3cccc([Si](c4ccccc4)(c4ccccc4)c4ccccc4)c3)c(-c3nc(-c4ccccc4)nc(-c4ccccc4)n3)c2)c1. The van der Waals surface area contributed by atoms with Gasteiger partial charge in [-0.15, -0.1) is 0 Å². The summed E-state index contributed by atoms with van der Waals surface area (Å²) in [6.07, 6.45) is 0. The van der Waals surface area contributed by atoms with E-state index in [1.807, 2.05) is 36.4 Å². The first-order valence-electron chi connectivity index (χ1n) is 26.8. The molecule has 0 atom stereocenters. The van der Waals surface area contributed by atoms with Crippen LogP contribution in [0.4, 0.5) is 0 Å². The highest BCUT2D eigenvalue weighted by atomic mass is 28.3. The standard InChI is InChI=1S/C73H56N4Si/c1-49-39-50(2)42-58(41-49)55-33-37-69-66(46-55)67-47-56(59-43-51(3)40-52(4)44-59)34-38-70(67)77(69)60-35-36-65(68(48-60)73-75-71(53-21-10-5-11-22-53)74-72(76-73)54-23-12-6-13-24-54)57-25-20-32-64(45-57)78(61-26-14-7-15-27-61,62-28-16-8-17-29-62)63-30-18-9-19-31-63/h5-48H,1-4H3. The molecule has 0 aliphatic heterocycles. The fourth-order valence-electron chi connectivity index (χ4n) is 12.0. The molecule has 2 heterocycles. The van der Waals surface area contributed by atoms with Crippen LogP contribution < -0.4 is 20.7 Å². The van der Waals surface area contributed by atoms with Crippen molar-refractivity contribution in [2.24, 2.45) is 0 Å². The van der Waals surface area contributed by atoms with Crippen molar-refractivity contribution in [3.05, 3.63) is 289 Å². The zero-order chi connectivity index (χ0) is 52.7. The lowest BCUT2D eigenvalue weighted by Gasteiger charge is -2.34. The van der Waals surface area contributed by atoms with Crippen molar-refractivity contribution in [3.8, 4) is 73.2 Å². The maximum absolute atomic E-state index is 5.44. The molecular weight excluding hydrogens is 961 g/mol. The monoisotopic (exact) mass is 1020 g/mol. The van der Waals surface area contributed by atoms with E-state index >= 15 is 0 Å². The molecule has 13 aromatic rings. The van der Waals surface area contributed by atoms with E-state index in [0.717, 1.165) is 44.5 Å². The van der Waals surface area contributed by atoms with Crippen molar-refractivity contribution < 1.29 is 0 Å². The summed E-state index contributed by atoms with van der Waals surface area (Å²) in [4.78, 5) is 16.1. The number of fused-ring (bicyclic) bond motifs is 3. The van der Waals surface area contributed by atoms with Gasteiger partial charge in [-0.1, -0.05) is 253 Å². The van der Waals surface area contributed by atoms with Gasteiger partial charge >= 0.3 is 0 Å². The molecule has 0 spiro atoms. The Balaban J connectivity index is 1.09. The second-order valence-electron chi connectivity index (χ2n) is 20.7. The molecule has 372 valence electrons. The minimum Gasteiger partial charge on any atom is -0.309 e. The summed E-state index contributed by atoms with van der Waals surface area (Å²) in [6, 6.07) is 97.7. The van der Waals surface area contributed by atoms with Gasteiger partial charge in [-0.25, -0.2) is 15.0 Å². The van der Waals surface area contributed by atoms with E-state index in [4.69, 9.17) is 15.0 Å². The van der Waals surface area contributed by atoms with Gasteiger partial charge in [-0.3, -0.25) is 0 Å². The van der Waals surface area contributed by atoms with E-state index in [2.05, 4.69) is 263 Å². The van der Waals surface area contributed by atoms with Gasteiger partial charge < -0.3 is 4.57 Å². The Morgan fingerprint density at radius 2 is 0.667 bits per heavy atom. The predicted molar refractivity (Wildman–Crippen MR) is 329 cm³/mol. The van der Waals surface area contributed by atoms with Crippen LogP contribution in [-0.4, -0.2) is 27.6 Å². The van der Waals surface area contributed by atoms with Crippen molar-refractivity contribution >= 4 is 50.6 Å². The van der Waals surface area contributed by atoms with Crippen LogP contribution in [0.15, 0.2) is 267 Å². The Kier molecular flexibility index (Phi) is 12.5. The topological polar surface area (TPSA) is 43.6 Å². The summed E-state index contributed by atoms with van der Waals surface area (Å²) in [6.45, 7) is 8.73. The summed E-state index contributed by atoms with van der Waals surface area (Å²) >= 11 is 0. The van der Waals surface area contributed by atoms with Gasteiger partial charge in [0.2, 0.25) is 0 Å². The molecular formula is C73H56N4Si. The number of aryl methyl sites for hydroxylation is 4. The Morgan fingerprint density at radius 3 is 1.12 bits per heavy atom. The van der Waals surface area contributed by atoms with E-state index in [-0.39, 0.29) is 0 Å². The predicted octanol–water partition coefficient (Wildman–Crippen LogP) is 15.6. The summed E-state index contributed by atoms with van der Waals surface area (Å²) in [5.41, 5.74) is 17.9. The van der Waals surface area contributed by atoms with Crippen LogP contribution >= 0.6 is 0 Å². The second-order valence-corrected chi connectivity index (χ2v) is 24.6. The molecule has 0 N–H and O–H groups in total. The van der Waals surface area contributed by atoms with Crippen molar-refractivity contribution in [3.63, 3.8) is 0 Å². The minimum atomic E-state index is -2.90. The van der Waals surface area contributed by atoms with E-state index < -0.39 is 8.07 Å². The van der Waals surface area contributed by atoms with Crippen LogP contribution in [0.1, 0.15) is 22.3 Å². The number of hydrogen-bond acceptors (Lipinski definition) is 3. The van der Waals surface area contributed by atoms with Crippen LogP contribution in [0.3, 0.4) is 0 Å². The Bertz CT molecular complexity index is 4040. The normalized spacial score (nSPS) is 11.6. The Hall–Kier alpha value is -9.55. The molecule has 0 saturated carbocycles. The van der Waals surface area contributed by atoms with Crippen molar-refractivity contribution in [1.29, 1.82) is 0 Å². The second kappa shape index (κ2) is 20.2. The largest absolute Gasteiger partial charge is 0.309 e. The highest BCUT2D eigenvalue weighted by molar-refractivity contribution is 7.19. The molecule has 0 aliphatic rings. The summed E-state index contributed by atoms with van der Waals surface area (Å²) in [5.74, 6) is 1.82. The molecule has 0 aliphatic carbocycles. The van der Waals surface area contributed by atoms with Gasteiger partial charge in [0.1, 0.15) is 0 Å². The van der Waals surface area contributed by atoms with Gasteiger partial charge in [0.05, 0.1) is 11.0 Å². The lowest BCUT2D eigenvalue weighted by atomic mass is 9.97. The molecule has 0 saturated heterocycles. The highest BCUT2D eigenvalue weighted by Gasteiger charge is 2.41. The smallest absolute Gasteiger partial charge is 0.179 e. The van der Waals surface area contributed by atoms with Crippen LogP contribution in [-0.2, 0) is 0 Å². The first-order valence-corrected chi connectivity index (χ1v) is 28.8. The van der Waals surface area contributed by atoms with Gasteiger partial charge in [0.15, 0.2) is 25.5 Å². The minimum absolute atomic E-state index is 0.595. The molecule has 2 aromatic heterocycles. The fraction of sp³-hybridized carbons (Fsp3) is 0.0548. The zero-order valence-electron chi connectivity index (χ0n) is 44.2. The molecule has 0 radical (unpaired) electrons. The molecule has 4 nitrogen and oxygen atoms in total. The van der Waals surface area contributed by atoms with Crippen LogP contribution in [0.5, 0.6) is 0 Å². The van der Waals surface area contributed by atoms with E-state index in [1.165, 1.54) is 76.0 Å². The molecule has 0 bridgehead atoms. The fourth-order valence-corrected chi connectivity index (χ4v) is 16.8. The van der Waals surface area contributed by atoms with Gasteiger partial charge in [0.25, 0.3) is 0 Å². The van der Waals surface area contributed by atoms with Crippen molar-refractivity contribution in [2.45, 2.75) is 27.7 Å². The number of benzene rings is 11. The Labute approximate surface area is 457 Å². The summed E-state index contributed by atoms with van der Waals surface area (Å²) < 4.78 is 2.43. The summed E-state index contributed by atoms with van der Waals surface area (Å²) in [5, 5.41) is 7.62. The molecule has 0 amide bonds. The third kappa shape index (κ3) is 8.84. The zero-order valence-corrected chi connectivity index (χ0v) is 45.2. The van der Waals surface area contributed by atoms with Gasteiger partial charge in [-0.05, 0) is 118 Å². The van der Waals surface area contributed by atoms with Crippen LogP contribution in [0, 0.1) is 27.7 Å². The molecule has 5 heteroatoms. The Morgan fingerprint density at radius 1 is 0.269 bits per heavy atom. The summed E-state index contributed by atoms with van der Waals surface area (Å²) in [7, 11) is -2.90. The number of hydrogen-bond donors (Lipinski definition) is 0. The number of nitrogens with zero attached hydrogens (tertiary/aromatic N) is 4. The number of rotatable bonds is 11. The van der Waals surface area contributed by atoms with Crippen LogP contribution in [0.25, 0.3) is 95.0 Å². The molecule has 11 aromatic carbocycles. The van der Waals surface area contributed by atoms with E-state index in [9.17, 15) is 0 Å². The third-order valence-corrected chi connectivity index (χ3v) is 20.1. The molecule has 13 rings (SSSR count). The highest BCUT2D eigenvalue weighted by Crippen LogP contribution is 2.41. The van der Waals surface area contributed by atoms with Gasteiger partial charge in [-0.2, -0.15) is 0 Å². The molecule has 0 fully saturated rings. The first-order chi connectivity index (χ1) is 38.3. The van der Waals surface area contributed by atoms with E-state index in [0.29, 0.717) is 17.5 Å². The average molecular weight is 1020 g/mol. The first kappa shape index (κ1) is 48.1. The van der Waals surface area contributed by atoms with Crippen LogP contribution in [0.2, 0.25) is 0 Å². The van der Waals surface area contributed by atoms with Crippen molar-refractivity contribution in [2.75, 3.05) is 0 Å². The third-order valence-electron chi connectivity index (χ3n) is 15.3. The quantitative estimate of drug-likeness (QED) is 0.0958. The lowest BCUT2D eigenvalue weighted by Crippen LogP contribution is -2.74. The molecule has 78 heavy (non-hydrogen) atoms.